The van der Waals surface area contributed by atoms with Gasteiger partial charge in [-0.25, -0.2) is 8.42 Å². The van der Waals surface area contributed by atoms with Crippen LogP contribution in [0.5, 0.6) is 5.75 Å². The van der Waals surface area contributed by atoms with E-state index in [0.29, 0.717) is 0 Å². The predicted molar refractivity (Wildman–Crippen MR) is 64.8 cm³/mol. The van der Waals surface area contributed by atoms with Crippen molar-refractivity contribution in [1.29, 1.82) is 0 Å². The number of hydrogen-bond acceptors (Lipinski definition) is 4. The van der Waals surface area contributed by atoms with Crippen LogP contribution in [0, 0.1) is 0 Å². The molecule has 0 radical (unpaired) electrons. The third-order valence-electron chi connectivity index (χ3n) is 2.09. The third kappa shape index (κ3) is 2.57. The average Bonchev–Trinajstić information content (AvgIpc) is 2.08. The molecule has 0 saturated carbocycles. The summed E-state index contributed by atoms with van der Waals surface area (Å²) in [6, 6.07) is 4.09. The van der Waals surface area contributed by atoms with Gasteiger partial charge in [-0.3, -0.25) is 4.72 Å². The zero-order valence-electron chi connectivity index (χ0n) is 9.48. The summed E-state index contributed by atoms with van der Waals surface area (Å²) in [5.41, 5.74) is 6.04. The van der Waals surface area contributed by atoms with Gasteiger partial charge in [0.05, 0.1) is 16.1 Å². The summed E-state index contributed by atoms with van der Waals surface area (Å²) in [4.78, 5) is 0. The molecule has 1 aromatic rings. The minimum atomic E-state index is -3.50. The maximum absolute atomic E-state index is 11.8. The van der Waals surface area contributed by atoms with E-state index in [4.69, 9.17) is 10.8 Å². The molecule has 0 bridgehead atoms. The summed E-state index contributed by atoms with van der Waals surface area (Å²) < 4.78 is 25.1. The van der Waals surface area contributed by atoms with Gasteiger partial charge < -0.3 is 10.8 Å². The van der Waals surface area contributed by atoms with Crippen molar-refractivity contribution in [2.24, 2.45) is 0 Å². The van der Waals surface area contributed by atoms with Crippen molar-refractivity contribution in [1.82, 2.24) is 0 Å². The highest BCUT2D eigenvalue weighted by Crippen LogP contribution is 2.26. The molecule has 5 nitrogen and oxygen atoms in total. The maximum Gasteiger partial charge on any atom is 0.237 e. The molecule has 0 aliphatic rings. The topological polar surface area (TPSA) is 92.4 Å². The lowest BCUT2D eigenvalue weighted by atomic mass is 10.2. The molecule has 0 fully saturated rings. The number of nitrogens with one attached hydrogen (secondary N) is 1. The number of phenolic OH excluding ortho intramolecular Hbond substituents is 1. The summed E-state index contributed by atoms with van der Waals surface area (Å²) in [5, 5.41) is 9.14. The van der Waals surface area contributed by atoms with E-state index in [-0.39, 0.29) is 17.1 Å². The van der Waals surface area contributed by atoms with E-state index in [1.165, 1.54) is 18.2 Å². The first-order chi connectivity index (χ1) is 7.13. The Bertz CT molecular complexity index is 489. The van der Waals surface area contributed by atoms with Gasteiger partial charge in [-0.1, -0.05) is 0 Å². The molecule has 1 rings (SSSR count). The first kappa shape index (κ1) is 12.6. The number of aromatic hydroxyl groups is 1. The largest absolute Gasteiger partial charge is 0.508 e. The van der Waals surface area contributed by atoms with E-state index in [0.717, 1.165) is 0 Å². The number of rotatable bonds is 2. The van der Waals surface area contributed by atoms with Crippen LogP contribution in [0.3, 0.4) is 0 Å². The summed E-state index contributed by atoms with van der Waals surface area (Å²) in [6.07, 6.45) is 0. The van der Waals surface area contributed by atoms with Gasteiger partial charge in [0, 0.05) is 6.07 Å². The summed E-state index contributed by atoms with van der Waals surface area (Å²) in [7, 11) is -3.50. The molecule has 90 valence electrons. The second kappa shape index (κ2) is 3.86. The lowest BCUT2D eigenvalue weighted by molar-refractivity contribution is 0.475. The quantitative estimate of drug-likeness (QED) is 0.543. The molecule has 0 aliphatic heterocycles. The molecule has 0 spiro atoms. The first-order valence-electron chi connectivity index (χ1n) is 4.74. The highest BCUT2D eigenvalue weighted by Gasteiger charge is 2.29. The molecule has 0 aliphatic carbocycles. The van der Waals surface area contributed by atoms with E-state index in [9.17, 15) is 8.42 Å². The van der Waals surface area contributed by atoms with Crippen molar-refractivity contribution in [3.05, 3.63) is 18.2 Å². The number of nitrogens with two attached hydrogens (primary N) is 1. The number of phenols is 1. The summed E-state index contributed by atoms with van der Waals surface area (Å²) in [6.45, 7) is 4.77. The van der Waals surface area contributed by atoms with Gasteiger partial charge in [0.25, 0.3) is 0 Å². The van der Waals surface area contributed by atoms with Crippen LogP contribution in [0.2, 0.25) is 0 Å². The minimum Gasteiger partial charge on any atom is -0.508 e. The van der Waals surface area contributed by atoms with E-state index in [2.05, 4.69) is 4.72 Å². The van der Waals surface area contributed by atoms with Gasteiger partial charge in [0.15, 0.2) is 0 Å². The Labute approximate surface area is 95.3 Å². The summed E-state index contributed by atoms with van der Waals surface area (Å²) in [5.74, 6) is -0.00351. The van der Waals surface area contributed by atoms with Crippen LogP contribution in [0.4, 0.5) is 11.4 Å². The lowest BCUT2D eigenvalue weighted by Gasteiger charge is -2.21. The molecular weight excluding hydrogens is 228 g/mol. The van der Waals surface area contributed by atoms with E-state index in [1.54, 1.807) is 20.8 Å². The molecule has 0 heterocycles. The molecule has 1 aromatic carbocycles. The Hall–Kier alpha value is -1.43. The summed E-state index contributed by atoms with van der Waals surface area (Å²) >= 11 is 0. The van der Waals surface area contributed by atoms with Crippen molar-refractivity contribution in [3.63, 3.8) is 0 Å². The highest BCUT2D eigenvalue weighted by molar-refractivity contribution is 7.94. The molecule has 0 atom stereocenters. The third-order valence-corrected chi connectivity index (χ3v) is 4.19. The fraction of sp³-hybridized carbons (Fsp3) is 0.400. The lowest BCUT2D eigenvalue weighted by Crippen LogP contribution is -2.33. The van der Waals surface area contributed by atoms with Gasteiger partial charge in [0.1, 0.15) is 5.75 Å². The van der Waals surface area contributed by atoms with Crippen LogP contribution in [0.25, 0.3) is 0 Å². The first-order valence-corrected chi connectivity index (χ1v) is 6.23. The second-order valence-electron chi connectivity index (χ2n) is 4.49. The molecule has 0 amide bonds. The van der Waals surface area contributed by atoms with Crippen LogP contribution >= 0.6 is 0 Å². The van der Waals surface area contributed by atoms with Crippen molar-refractivity contribution >= 4 is 21.4 Å². The van der Waals surface area contributed by atoms with E-state index < -0.39 is 14.8 Å². The Morgan fingerprint density at radius 3 is 2.31 bits per heavy atom. The smallest absolute Gasteiger partial charge is 0.237 e. The zero-order valence-corrected chi connectivity index (χ0v) is 10.3. The molecule has 0 aromatic heterocycles. The maximum atomic E-state index is 11.8. The Balaban J connectivity index is 3.07. The highest BCUT2D eigenvalue weighted by atomic mass is 32.2. The van der Waals surface area contributed by atoms with Crippen molar-refractivity contribution in [2.45, 2.75) is 25.5 Å². The number of anilines is 2. The number of sulfonamides is 1. The number of nitrogen functional groups attached to an aromatic ring is 1. The van der Waals surface area contributed by atoms with Crippen LogP contribution in [0.15, 0.2) is 18.2 Å². The van der Waals surface area contributed by atoms with Crippen LogP contribution in [-0.4, -0.2) is 18.3 Å². The molecular formula is C10H16N2O3S. The van der Waals surface area contributed by atoms with Crippen molar-refractivity contribution < 1.29 is 13.5 Å². The van der Waals surface area contributed by atoms with Gasteiger partial charge in [0.2, 0.25) is 10.0 Å². The van der Waals surface area contributed by atoms with E-state index >= 15 is 0 Å². The predicted octanol–water partition coefficient (Wildman–Crippen LogP) is 1.51. The zero-order chi connectivity index (χ0) is 12.6. The van der Waals surface area contributed by atoms with Gasteiger partial charge in [-0.15, -0.1) is 0 Å². The standard InChI is InChI=1S/C10H16N2O3S/c1-10(2,3)16(14,15)12-9-5-4-7(13)6-8(9)11/h4-6,12-13H,11H2,1-3H3. The van der Waals surface area contributed by atoms with Crippen LogP contribution in [0.1, 0.15) is 20.8 Å². The Morgan fingerprint density at radius 1 is 1.31 bits per heavy atom. The number of benzene rings is 1. The van der Waals surface area contributed by atoms with E-state index in [1.807, 2.05) is 0 Å². The molecule has 4 N–H and O–H groups in total. The fourth-order valence-corrected chi connectivity index (χ4v) is 1.72. The van der Waals surface area contributed by atoms with Gasteiger partial charge in [-0.2, -0.15) is 0 Å². The molecule has 6 heteroatoms. The van der Waals surface area contributed by atoms with Crippen molar-refractivity contribution in [2.75, 3.05) is 10.5 Å². The monoisotopic (exact) mass is 244 g/mol. The van der Waals surface area contributed by atoms with Gasteiger partial charge >= 0.3 is 0 Å². The molecule has 16 heavy (non-hydrogen) atoms. The Morgan fingerprint density at radius 2 is 1.88 bits per heavy atom. The minimum absolute atomic E-state index is 0.00351. The second-order valence-corrected chi connectivity index (χ2v) is 6.93. The van der Waals surface area contributed by atoms with Crippen molar-refractivity contribution in [3.8, 4) is 5.75 Å². The SMILES string of the molecule is CC(C)(C)S(=O)(=O)Nc1ccc(O)cc1N. The Kier molecular flexibility index (Phi) is 3.05. The molecule has 0 unspecified atom stereocenters. The van der Waals surface area contributed by atoms with Crippen LogP contribution < -0.4 is 10.5 Å². The normalized spacial score (nSPS) is 12.4. The van der Waals surface area contributed by atoms with Crippen LogP contribution in [-0.2, 0) is 10.0 Å². The number of hydrogen-bond donors (Lipinski definition) is 3. The molecule has 0 saturated heterocycles. The average molecular weight is 244 g/mol. The van der Waals surface area contributed by atoms with Gasteiger partial charge in [-0.05, 0) is 32.9 Å². The fourth-order valence-electron chi connectivity index (χ4n) is 0.941.